The number of nitrogens with zero attached hydrogens (tertiary/aromatic N) is 1. The molecule has 2 aromatic carbocycles. The lowest BCUT2D eigenvalue weighted by molar-refractivity contribution is 0.303. The van der Waals surface area contributed by atoms with Crippen molar-refractivity contribution in [1.29, 1.82) is 5.26 Å². The number of methoxy groups -OCH3 is 1. The Morgan fingerprint density at radius 3 is 2.61 bits per heavy atom. The molecule has 0 bridgehead atoms. The first-order chi connectivity index (χ1) is 8.81. The van der Waals surface area contributed by atoms with E-state index in [2.05, 4.69) is 6.07 Å². The molecule has 3 heteroatoms. The molecule has 0 radical (unpaired) electrons. The lowest BCUT2D eigenvalue weighted by atomic mass is 10.1. The quantitative estimate of drug-likeness (QED) is 0.823. The van der Waals surface area contributed by atoms with Crippen molar-refractivity contribution in [3.63, 3.8) is 0 Å². The average molecular weight is 239 g/mol. The zero-order valence-corrected chi connectivity index (χ0v) is 10.1. The van der Waals surface area contributed by atoms with Gasteiger partial charge in [0.05, 0.1) is 18.7 Å². The zero-order valence-electron chi connectivity index (χ0n) is 10.1. The third-order valence-corrected chi connectivity index (χ3v) is 2.50. The van der Waals surface area contributed by atoms with Gasteiger partial charge in [-0.25, -0.2) is 0 Å². The van der Waals surface area contributed by atoms with E-state index >= 15 is 0 Å². The maximum Gasteiger partial charge on any atom is 0.123 e. The maximum absolute atomic E-state index is 8.81. The Labute approximate surface area is 106 Å². The minimum atomic E-state index is 0.433. The van der Waals surface area contributed by atoms with E-state index in [9.17, 15) is 0 Å². The van der Waals surface area contributed by atoms with Gasteiger partial charge in [-0.2, -0.15) is 5.26 Å². The molecule has 0 amide bonds. The second-order valence-electron chi connectivity index (χ2n) is 3.78. The van der Waals surface area contributed by atoms with Crippen molar-refractivity contribution in [2.24, 2.45) is 0 Å². The summed E-state index contributed by atoms with van der Waals surface area (Å²) in [5.41, 5.74) is 1.61. The van der Waals surface area contributed by atoms with Crippen molar-refractivity contribution < 1.29 is 9.47 Å². The fourth-order valence-corrected chi connectivity index (χ4v) is 1.59. The summed E-state index contributed by atoms with van der Waals surface area (Å²) in [5, 5.41) is 8.81. The number of benzene rings is 2. The van der Waals surface area contributed by atoms with Crippen LogP contribution in [0.25, 0.3) is 0 Å². The maximum atomic E-state index is 8.81. The topological polar surface area (TPSA) is 42.2 Å². The third kappa shape index (κ3) is 3.02. The molecule has 0 fully saturated rings. The Balaban J connectivity index is 2.04. The predicted octanol–water partition coefficient (Wildman–Crippen LogP) is 3.15. The van der Waals surface area contributed by atoms with Crippen LogP contribution in [0.3, 0.4) is 0 Å². The predicted molar refractivity (Wildman–Crippen MR) is 68.5 cm³/mol. The van der Waals surface area contributed by atoms with Crippen LogP contribution >= 0.6 is 0 Å². The largest absolute Gasteiger partial charge is 0.497 e. The number of nitriles is 1. The molecular formula is C15H13NO2. The van der Waals surface area contributed by atoms with Crippen molar-refractivity contribution in [2.45, 2.75) is 6.61 Å². The van der Waals surface area contributed by atoms with Crippen molar-refractivity contribution in [2.75, 3.05) is 7.11 Å². The molecule has 0 aromatic heterocycles. The molecule has 0 saturated heterocycles. The standard InChI is InChI=1S/C15H13NO2/c1-17-14-6-3-7-15(9-14)18-11-13-5-2-4-12(8-13)10-16/h2-9H,11H2,1H3. The molecule has 2 rings (SSSR count). The Morgan fingerprint density at radius 1 is 1.06 bits per heavy atom. The van der Waals surface area contributed by atoms with Gasteiger partial charge in [0.15, 0.2) is 0 Å². The first-order valence-electron chi connectivity index (χ1n) is 5.58. The Bertz CT molecular complexity index is 573. The van der Waals surface area contributed by atoms with Crippen molar-refractivity contribution in [1.82, 2.24) is 0 Å². The Kier molecular flexibility index (Phi) is 3.83. The lowest BCUT2D eigenvalue weighted by Crippen LogP contribution is -1.96. The summed E-state index contributed by atoms with van der Waals surface area (Å²) in [7, 11) is 1.62. The van der Waals surface area contributed by atoms with E-state index in [1.165, 1.54) is 0 Å². The highest BCUT2D eigenvalue weighted by molar-refractivity contribution is 5.34. The molecule has 0 spiro atoms. The summed E-state index contributed by atoms with van der Waals surface area (Å²) < 4.78 is 10.8. The van der Waals surface area contributed by atoms with Gasteiger partial charge in [-0.05, 0) is 29.8 Å². The number of rotatable bonds is 4. The van der Waals surface area contributed by atoms with Crippen LogP contribution in [0.1, 0.15) is 11.1 Å². The summed E-state index contributed by atoms with van der Waals surface area (Å²) >= 11 is 0. The molecular weight excluding hydrogens is 226 g/mol. The van der Waals surface area contributed by atoms with E-state index in [-0.39, 0.29) is 0 Å². The summed E-state index contributed by atoms with van der Waals surface area (Å²) in [4.78, 5) is 0. The van der Waals surface area contributed by atoms with E-state index < -0.39 is 0 Å². The molecule has 0 aliphatic carbocycles. The molecule has 0 N–H and O–H groups in total. The van der Waals surface area contributed by atoms with Crippen LogP contribution in [0.2, 0.25) is 0 Å². The molecule has 3 nitrogen and oxygen atoms in total. The number of hydrogen-bond donors (Lipinski definition) is 0. The van der Waals surface area contributed by atoms with Crippen LogP contribution in [0, 0.1) is 11.3 Å². The van der Waals surface area contributed by atoms with Crippen LogP contribution in [0.15, 0.2) is 48.5 Å². The summed E-state index contributed by atoms with van der Waals surface area (Å²) in [6.45, 7) is 0.433. The van der Waals surface area contributed by atoms with E-state index in [4.69, 9.17) is 14.7 Å². The molecule has 90 valence electrons. The zero-order chi connectivity index (χ0) is 12.8. The van der Waals surface area contributed by atoms with Gasteiger partial charge < -0.3 is 9.47 Å². The Hall–Kier alpha value is -2.47. The highest BCUT2D eigenvalue weighted by Crippen LogP contribution is 2.20. The average Bonchev–Trinajstić information content (AvgIpc) is 2.45. The smallest absolute Gasteiger partial charge is 0.123 e. The van der Waals surface area contributed by atoms with Gasteiger partial charge in [0.25, 0.3) is 0 Å². The van der Waals surface area contributed by atoms with Crippen molar-refractivity contribution in [3.8, 4) is 17.6 Å². The normalized spacial score (nSPS) is 9.56. The van der Waals surface area contributed by atoms with Crippen LogP contribution in [0.4, 0.5) is 0 Å². The van der Waals surface area contributed by atoms with E-state index in [1.54, 1.807) is 13.2 Å². The van der Waals surface area contributed by atoms with Crippen molar-refractivity contribution >= 4 is 0 Å². The van der Waals surface area contributed by atoms with Crippen LogP contribution in [-0.2, 0) is 6.61 Å². The summed E-state index contributed by atoms with van der Waals surface area (Å²) in [5.74, 6) is 1.51. The van der Waals surface area contributed by atoms with Crippen LogP contribution in [0.5, 0.6) is 11.5 Å². The van der Waals surface area contributed by atoms with E-state index in [0.717, 1.165) is 17.1 Å². The van der Waals surface area contributed by atoms with Gasteiger partial charge in [0, 0.05) is 6.07 Å². The summed E-state index contributed by atoms with van der Waals surface area (Å²) in [6, 6.07) is 16.9. The van der Waals surface area contributed by atoms with Gasteiger partial charge in [0.1, 0.15) is 18.1 Å². The molecule has 0 saturated carbocycles. The molecule has 0 heterocycles. The van der Waals surface area contributed by atoms with E-state index in [0.29, 0.717) is 12.2 Å². The third-order valence-electron chi connectivity index (χ3n) is 2.50. The second kappa shape index (κ2) is 5.74. The first kappa shape index (κ1) is 12.0. The minimum Gasteiger partial charge on any atom is -0.497 e. The Morgan fingerprint density at radius 2 is 1.83 bits per heavy atom. The van der Waals surface area contributed by atoms with Gasteiger partial charge in [-0.1, -0.05) is 18.2 Å². The SMILES string of the molecule is COc1cccc(OCc2cccc(C#N)c2)c1. The fourth-order valence-electron chi connectivity index (χ4n) is 1.59. The lowest BCUT2D eigenvalue weighted by Gasteiger charge is -2.07. The first-order valence-corrected chi connectivity index (χ1v) is 5.58. The molecule has 0 aliphatic heterocycles. The fraction of sp³-hybridized carbons (Fsp3) is 0.133. The van der Waals surface area contributed by atoms with Crippen LogP contribution in [-0.4, -0.2) is 7.11 Å². The molecule has 2 aromatic rings. The van der Waals surface area contributed by atoms with E-state index in [1.807, 2.05) is 42.5 Å². The highest BCUT2D eigenvalue weighted by Gasteiger charge is 1.99. The molecule has 0 aliphatic rings. The van der Waals surface area contributed by atoms with Crippen molar-refractivity contribution in [3.05, 3.63) is 59.7 Å². The van der Waals surface area contributed by atoms with Gasteiger partial charge in [-0.15, -0.1) is 0 Å². The van der Waals surface area contributed by atoms with Crippen LogP contribution < -0.4 is 9.47 Å². The van der Waals surface area contributed by atoms with Gasteiger partial charge in [0.2, 0.25) is 0 Å². The van der Waals surface area contributed by atoms with Gasteiger partial charge in [-0.3, -0.25) is 0 Å². The number of ether oxygens (including phenoxy) is 2. The summed E-state index contributed by atoms with van der Waals surface area (Å²) in [6.07, 6.45) is 0. The molecule has 0 unspecified atom stereocenters. The second-order valence-corrected chi connectivity index (χ2v) is 3.78. The number of hydrogen-bond acceptors (Lipinski definition) is 3. The van der Waals surface area contributed by atoms with Gasteiger partial charge >= 0.3 is 0 Å². The highest BCUT2D eigenvalue weighted by atomic mass is 16.5. The molecule has 0 atom stereocenters. The minimum absolute atomic E-state index is 0.433. The molecule has 18 heavy (non-hydrogen) atoms. The monoisotopic (exact) mass is 239 g/mol.